The molecule has 5 nitrogen and oxygen atoms in total. The van der Waals surface area contributed by atoms with Crippen LogP contribution in [0.5, 0.6) is 5.75 Å². The van der Waals surface area contributed by atoms with Gasteiger partial charge in [0.2, 0.25) is 5.91 Å². The Morgan fingerprint density at radius 2 is 2.00 bits per heavy atom. The fraction of sp³-hybridized carbons (Fsp3) is 0.200. The first-order valence-corrected chi connectivity index (χ1v) is 8.19. The van der Waals surface area contributed by atoms with Crippen LogP contribution >= 0.6 is 0 Å². The number of aromatic nitrogens is 2. The van der Waals surface area contributed by atoms with Crippen LogP contribution < -0.4 is 10.1 Å². The van der Waals surface area contributed by atoms with E-state index in [1.54, 1.807) is 6.08 Å². The number of nitrogens with zero attached hydrogens (tertiary/aromatic N) is 2. The Labute approximate surface area is 146 Å². The molecule has 1 amide bonds. The Morgan fingerprint density at radius 3 is 2.80 bits per heavy atom. The smallest absolute Gasteiger partial charge is 0.240 e. The lowest BCUT2D eigenvalue weighted by atomic mass is 10.2. The predicted molar refractivity (Wildman–Crippen MR) is 98.5 cm³/mol. The normalized spacial score (nSPS) is 10.6. The lowest BCUT2D eigenvalue weighted by molar-refractivity contribution is -0.121. The van der Waals surface area contributed by atoms with Gasteiger partial charge in [0.1, 0.15) is 24.7 Å². The van der Waals surface area contributed by atoms with Crippen molar-refractivity contribution >= 4 is 16.9 Å². The maximum Gasteiger partial charge on any atom is 0.240 e. The molecule has 1 aromatic heterocycles. The summed E-state index contributed by atoms with van der Waals surface area (Å²) in [6, 6.07) is 15.6. The highest BCUT2D eigenvalue weighted by Gasteiger charge is 2.14. The molecule has 3 rings (SSSR count). The summed E-state index contributed by atoms with van der Waals surface area (Å²) in [6.07, 6.45) is 1.66. The Morgan fingerprint density at radius 1 is 1.24 bits per heavy atom. The number of hydrogen-bond acceptors (Lipinski definition) is 3. The number of carbonyl (C=O) groups excluding carboxylic acids is 1. The second kappa shape index (κ2) is 7.66. The molecule has 5 heteroatoms. The number of fused-ring (bicyclic) bond motifs is 1. The predicted octanol–water partition coefficient (Wildman–Crippen LogP) is 3.23. The van der Waals surface area contributed by atoms with E-state index in [4.69, 9.17) is 4.74 Å². The minimum atomic E-state index is -0.0832. The van der Waals surface area contributed by atoms with Crippen molar-refractivity contribution < 1.29 is 9.53 Å². The Bertz CT molecular complexity index is 899. The Hall–Kier alpha value is -3.08. The molecule has 1 N–H and O–H groups in total. The van der Waals surface area contributed by atoms with Crippen LogP contribution in [0, 0.1) is 6.92 Å². The quantitative estimate of drug-likeness (QED) is 0.675. The summed E-state index contributed by atoms with van der Waals surface area (Å²) in [6.45, 7) is 6.56. The molecule has 0 saturated heterocycles. The number of amides is 1. The number of hydrogen-bond donors (Lipinski definition) is 1. The molecule has 0 saturated carbocycles. The van der Waals surface area contributed by atoms with E-state index in [9.17, 15) is 4.79 Å². The maximum absolute atomic E-state index is 12.1. The minimum absolute atomic E-state index is 0.0832. The molecule has 0 radical (unpaired) electrons. The van der Waals surface area contributed by atoms with Gasteiger partial charge in [-0.1, -0.05) is 36.4 Å². The molecular weight excluding hydrogens is 314 g/mol. The number of aryl methyl sites for hydroxylation is 1. The molecular formula is C20H21N3O2. The Kier molecular flexibility index (Phi) is 5.14. The number of carbonyl (C=O) groups is 1. The third-order valence-corrected chi connectivity index (χ3v) is 3.93. The number of benzene rings is 2. The number of imidazole rings is 1. The van der Waals surface area contributed by atoms with Crippen LogP contribution in [-0.4, -0.2) is 22.0 Å². The van der Waals surface area contributed by atoms with Crippen molar-refractivity contribution in [2.45, 2.75) is 20.1 Å². The summed E-state index contributed by atoms with van der Waals surface area (Å²) in [5, 5.41) is 2.80. The molecule has 0 aliphatic heterocycles. The van der Waals surface area contributed by atoms with E-state index in [0.29, 0.717) is 13.2 Å². The fourth-order valence-corrected chi connectivity index (χ4v) is 2.66. The van der Waals surface area contributed by atoms with Gasteiger partial charge in [0, 0.05) is 6.54 Å². The molecule has 0 bridgehead atoms. The van der Waals surface area contributed by atoms with E-state index in [2.05, 4.69) is 16.9 Å². The monoisotopic (exact) mass is 335 g/mol. The number of rotatable bonds is 7. The van der Waals surface area contributed by atoms with Gasteiger partial charge in [0.25, 0.3) is 0 Å². The summed E-state index contributed by atoms with van der Waals surface area (Å²) in [4.78, 5) is 16.8. The van der Waals surface area contributed by atoms with Crippen LogP contribution in [0.1, 0.15) is 11.4 Å². The van der Waals surface area contributed by atoms with Crippen molar-refractivity contribution in [1.29, 1.82) is 0 Å². The third kappa shape index (κ3) is 3.88. The number of para-hydroxylation sites is 3. The summed E-state index contributed by atoms with van der Waals surface area (Å²) < 4.78 is 7.82. The fourth-order valence-electron chi connectivity index (χ4n) is 2.66. The van der Waals surface area contributed by atoms with Crippen molar-refractivity contribution in [1.82, 2.24) is 14.9 Å². The zero-order valence-electron chi connectivity index (χ0n) is 14.2. The van der Waals surface area contributed by atoms with Gasteiger partial charge in [0.05, 0.1) is 11.0 Å². The SMILES string of the molecule is C=CCNC(=O)Cn1c(COc2ccccc2C)nc2ccccc21. The van der Waals surface area contributed by atoms with Crippen molar-refractivity contribution in [3.63, 3.8) is 0 Å². The van der Waals surface area contributed by atoms with Gasteiger partial charge in [0.15, 0.2) is 0 Å². The van der Waals surface area contributed by atoms with Crippen molar-refractivity contribution in [3.8, 4) is 5.75 Å². The second-order valence-electron chi connectivity index (χ2n) is 5.75. The molecule has 25 heavy (non-hydrogen) atoms. The van der Waals surface area contributed by atoms with Gasteiger partial charge in [-0.2, -0.15) is 0 Å². The van der Waals surface area contributed by atoms with Crippen molar-refractivity contribution in [2.24, 2.45) is 0 Å². The molecule has 0 spiro atoms. The molecule has 128 valence electrons. The molecule has 0 aliphatic rings. The zero-order chi connectivity index (χ0) is 17.6. The van der Waals surface area contributed by atoms with Crippen LogP contribution in [0.3, 0.4) is 0 Å². The highest BCUT2D eigenvalue weighted by Crippen LogP contribution is 2.20. The molecule has 3 aromatic rings. The lowest BCUT2D eigenvalue weighted by Crippen LogP contribution is -2.28. The summed E-state index contributed by atoms with van der Waals surface area (Å²) >= 11 is 0. The van der Waals surface area contributed by atoms with Gasteiger partial charge in [-0.25, -0.2) is 4.98 Å². The van der Waals surface area contributed by atoms with Crippen LogP contribution in [0.4, 0.5) is 0 Å². The molecule has 0 unspecified atom stereocenters. The largest absolute Gasteiger partial charge is 0.485 e. The van der Waals surface area contributed by atoms with E-state index in [-0.39, 0.29) is 12.5 Å². The maximum atomic E-state index is 12.1. The van der Waals surface area contributed by atoms with Gasteiger partial charge >= 0.3 is 0 Å². The second-order valence-corrected chi connectivity index (χ2v) is 5.75. The molecule has 0 atom stereocenters. The summed E-state index contributed by atoms with van der Waals surface area (Å²) in [7, 11) is 0. The van der Waals surface area contributed by atoms with Crippen LogP contribution in [0.15, 0.2) is 61.2 Å². The molecule has 1 heterocycles. The number of ether oxygens (including phenoxy) is 1. The average molecular weight is 335 g/mol. The van der Waals surface area contributed by atoms with Gasteiger partial charge in [-0.3, -0.25) is 4.79 Å². The number of nitrogens with one attached hydrogen (secondary N) is 1. The van der Waals surface area contributed by atoms with Crippen LogP contribution in [0.2, 0.25) is 0 Å². The third-order valence-electron chi connectivity index (χ3n) is 3.93. The van der Waals surface area contributed by atoms with E-state index in [0.717, 1.165) is 28.2 Å². The van der Waals surface area contributed by atoms with E-state index < -0.39 is 0 Å². The van der Waals surface area contributed by atoms with Crippen molar-refractivity contribution in [2.75, 3.05) is 6.54 Å². The first-order valence-electron chi connectivity index (χ1n) is 8.19. The van der Waals surface area contributed by atoms with Crippen LogP contribution in [-0.2, 0) is 17.9 Å². The van der Waals surface area contributed by atoms with Crippen LogP contribution in [0.25, 0.3) is 11.0 Å². The topological polar surface area (TPSA) is 56.2 Å². The summed E-state index contributed by atoms with van der Waals surface area (Å²) in [5.41, 5.74) is 2.83. The van der Waals surface area contributed by atoms with E-state index >= 15 is 0 Å². The zero-order valence-corrected chi connectivity index (χ0v) is 14.2. The van der Waals surface area contributed by atoms with Gasteiger partial charge < -0.3 is 14.6 Å². The Balaban J connectivity index is 1.86. The van der Waals surface area contributed by atoms with E-state index in [1.165, 1.54) is 0 Å². The first kappa shape index (κ1) is 16.8. The average Bonchev–Trinajstić information content (AvgIpc) is 2.97. The molecule has 0 fully saturated rings. The standard InChI is InChI=1S/C20H21N3O2/c1-3-12-21-20(24)13-23-17-10-6-5-9-16(17)22-19(23)14-25-18-11-7-4-8-15(18)2/h3-11H,1,12-14H2,2H3,(H,21,24). The molecule has 0 aliphatic carbocycles. The van der Waals surface area contributed by atoms with Gasteiger partial charge in [-0.05, 0) is 30.7 Å². The highest BCUT2D eigenvalue weighted by atomic mass is 16.5. The van der Waals surface area contributed by atoms with Gasteiger partial charge in [-0.15, -0.1) is 6.58 Å². The first-order chi connectivity index (χ1) is 12.2. The van der Waals surface area contributed by atoms with E-state index in [1.807, 2.05) is 60.0 Å². The highest BCUT2D eigenvalue weighted by molar-refractivity contribution is 5.81. The summed E-state index contributed by atoms with van der Waals surface area (Å²) in [5.74, 6) is 1.45. The molecule has 2 aromatic carbocycles. The minimum Gasteiger partial charge on any atom is -0.485 e. The van der Waals surface area contributed by atoms with Crippen molar-refractivity contribution in [3.05, 3.63) is 72.6 Å². The lowest BCUT2D eigenvalue weighted by Gasteiger charge is -2.11.